The van der Waals surface area contributed by atoms with Crippen LogP contribution in [-0.4, -0.2) is 75.4 Å². The van der Waals surface area contributed by atoms with Crippen LogP contribution in [0.15, 0.2) is 36.9 Å². The Labute approximate surface area is 164 Å². The van der Waals surface area contributed by atoms with Crippen molar-refractivity contribution in [1.82, 2.24) is 30.0 Å². The molecule has 2 aliphatic heterocycles. The van der Waals surface area contributed by atoms with Crippen LogP contribution in [0.2, 0.25) is 0 Å². The molecule has 0 unspecified atom stereocenters. The first-order chi connectivity index (χ1) is 13.7. The van der Waals surface area contributed by atoms with Crippen molar-refractivity contribution in [1.29, 1.82) is 0 Å². The Balaban J connectivity index is 1.60. The molecule has 0 radical (unpaired) electrons. The molecule has 0 aliphatic carbocycles. The molecule has 7 nitrogen and oxygen atoms in total. The molecule has 0 saturated carbocycles. The molecular formula is C20H27FN6O. The number of rotatable bonds is 7. The fraction of sp³-hybridized carbons (Fsp3) is 0.550. The molecule has 0 amide bonds. The highest BCUT2D eigenvalue weighted by Crippen LogP contribution is 2.29. The third-order valence-electron chi connectivity index (χ3n) is 5.55. The molecular weight excluding hydrogens is 359 g/mol. The zero-order valence-electron chi connectivity index (χ0n) is 16.1. The summed E-state index contributed by atoms with van der Waals surface area (Å²) in [5.41, 5.74) is 1.00. The summed E-state index contributed by atoms with van der Waals surface area (Å²) in [6.07, 6.45) is 4.20. The molecule has 28 heavy (non-hydrogen) atoms. The Morgan fingerprint density at radius 3 is 2.68 bits per heavy atom. The Morgan fingerprint density at radius 1 is 1.21 bits per heavy atom. The third kappa shape index (κ3) is 4.29. The topological polar surface area (TPSA) is 59.3 Å². The minimum atomic E-state index is -0.239. The molecule has 150 valence electrons. The summed E-state index contributed by atoms with van der Waals surface area (Å²) in [6, 6.07) is 6.57. The number of aromatic nitrogens is 4. The Bertz CT molecular complexity index is 765. The van der Waals surface area contributed by atoms with Crippen molar-refractivity contribution in [3.05, 3.63) is 54.1 Å². The van der Waals surface area contributed by atoms with E-state index in [4.69, 9.17) is 4.74 Å². The number of piperazine rings is 1. The predicted octanol–water partition coefficient (Wildman–Crippen LogP) is 1.88. The van der Waals surface area contributed by atoms with E-state index in [1.807, 2.05) is 22.9 Å². The summed E-state index contributed by atoms with van der Waals surface area (Å²) in [4.78, 5) is 4.76. The van der Waals surface area contributed by atoms with E-state index in [0.29, 0.717) is 6.54 Å². The van der Waals surface area contributed by atoms with E-state index < -0.39 is 0 Å². The molecule has 0 N–H and O–H groups in total. The lowest BCUT2D eigenvalue weighted by Gasteiger charge is -2.38. The van der Waals surface area contributed by atoms with Gasteiger partial charge in [-0.05, 0) is 41.0 Å². The quantitative estimate of drug-likeness (QED) is 0.678. The number of benzene rings is 1. The molecule has 0 bridgehead atoms. The third-order valence-corrected chi connectivity index (χ3v) is 5.55. The fourth-order valence-electron chi connectivity index (χ4n) is 4.07. The van der Waals surface area contributed by atoms with Crippen LogP contribution in [0, 0.1) is 5.82 Å². The highest BCUT2D eigenvalue weighted by atomic mass is 19.1. The van der Waals surface area contributed by atoms with E-state index in [-0.39, 0.29) is 18.0 Å². The molecule has 2 aliphatic rings. The van der Waals surface area contributed by atoms with Gasteiger partial charge in [0.05, 0.1) is 18.7 Å². The van der Waals surface area contributed by atoms with Gasteiger partial charge in [-0.25, -0.2) is 9.07 Å². The Kier molecular flexibility index (Phi) is 6.09. The van der Waals surface area contributed by atoms with Crippen molar-refractivity contribution in [2.45, 2.75) is 31.5 Å². The predicted molar refractivity (Wildman–Crippen MR) is 103 cm³/mol. The van der Waals surface area contributed by atoms with E-state index in [9.17, 15) is 4.39 Å². The van der Waals surface area contributed by atoms with Crippen molar-refractivity contribution >= 4 is 0 Å². The first kappa shape index (κ1) is 19.2. The second-order valence-electron chi connectivity index (χ2n) is 7.43. The van der Waals surface area contributed by atoms with Gasteiger partial charge in [-0.15, -0.1) is 11.7 Å². The van der Waals surface area contributed by atoms with Crippen molar-refractivity contribution < 1.29 is 9.13 Å². The van der Waals surface area contributed by atoms with Crippen LogP contribution in [0.25, 0.3) is 0 Å². The monoisotopic (exact) mass is 386 g/mol. The van der Waals surface area contributed by atoms with Gasteiger partial charge >= 0.3 is 0 Å². The number of hydrogen-bond donors (Lipinski definition) is 0. The van der Waals surface area contributed by atoms with Crippen molar-refractivity contribution in [2.24, 2.45) is 0 Å². The average molecular weight is 386 g/mol. The molecule has 2 atom stereocenters. The van der Waals surface area contributed by atoms with Gasteiger partial charge in [-0.3, -0.25) is 9.80 Å². The molecule has 2 saturated heterocycles. The minimum Gasteiger partial charge on any atom is -0.376 e. The van der Waals surface area contributed by atoms with Crippen molar-refractivity contribution in [2.75, 3.05) is 39.3 Å². The number of tetrazole rings is 1. The standard InChI is InChI=1S/C20H27FN6O/c1-2-9-25-10-12-26(13-11-25)19(16-5-7-17(21)8-6-16)20-22-23-24-27(20)15-18-4-3-14-28-18/h2,5-8,18-19H,1,3-4,9-15H2/t18-,19+/m0/s1. The van der Waals surface area contributed by atoms with Gasteiger partial charge in [0, 0.05) is 39.3 Å². The molecule has 3 heterocycles. The molecule has 2 aromatic rings. The lowest BCUT2D eigenvalue weighted by molar-refractivity contribution is 0.0868. The lowest BCUT2D eigenvalue weighted by Crippen LogP contribution is -2.48. The average Bonchev–Trinajstić information content (AvgIpc) is 3.38. The van der Waals surface area contributed by atoms with Crippen LogP contribution in [0.4, 0.5) is 4.39 Å². The van der Waals surface area contributed by atoms with Gasteiger partial charge in [0.15, 0.2) is 5.82 Å². The summed E-state index contributed by atoms with van der Waals surface area (Å²) in [7, 11) is 0. The Morgan fingerprint density at radius 2 is 2.00 bits per heavy atom. The summed E-state index contributed by atoms with van der Waals surface area (Å²) in [6.45, 7) is 9.87. The summed E-state index contributed by atoms with van der Waals surface area (Å²) < 4.78 is 21.2. The van der Waals surface area contributed by atoms with Gasteiger partial charge < -0.3 is 4.74 Å². The van der Waals surface area contributed by atoms with Gasteiger partial charge in [-0.2, -0.15) is 0 Å². The van der Waals surface area contributed by atoms with E-state index in [1.165, 1.54) is 12.1 Å². The number of halogens is 1. The zero-order chi connectivity index (χ0) is 19.3. The maximum Gasteiger partial charge on any atom is 0.173 e. The summed E-state index contributed by atoms with van der Waals surface area (Å²) in [5.74, 6) is 0.552. The van der Waals surface area contributed by atoms with Crippen LogP contribution < -0.4 is 0 Å². The zero-order valence-corrected chi connectivity index (χ0v) is 16.1. The molecule has 2 fully saturated rings. The molecule has 0 spiro atoms. The molecule has 1 aromatic carbocycles. The number of ether oxygens (including phenoxy) is 1. The molecule has 1 aromatic heterocycles. The van der Waals surface area contributed by atoms with Crippen LogP contribution in [0.5, 0.6) is 0 Å². The largest absolute Gasteiger partial charge is 0.376 e. The van der Waals surface area contributed by atoms with Crippen molar-refractivity contribution in [3.63, 3.8) is 0 Å². The van der Waals surface area contributed by atoms with Gasteiger partial charge in [0.1, 0.15) is 5.82 Å². The van der Waals surface area contributed by atoms with Gasteiger partial charge in [0.2, 0.25) is 0 Å². The first-order valence-electron chi connectivity index (χ1n) is 9.95. The smallest absolute Gasteiger partial charge is 0.173 e. The maximum absolute atomic E-state index is 13.5. The second-order valence-corrected chi connectivity index (χ2v) is 7.43. The Hall–Kier alpha value is -2.16. The molecule has 8 heteroatoms. The second kappa shape index (κ2) is 8.89. The first-order valence-corrected chi connectivity index (χ1v) is 9.95. The van der Waals surface area contributed by atoms with E-state index in [0.717, 1.165) is 63.6 Å². The normalized spacial score (nSPS) is 22.4. The molecule has 4 rings (SSSR count). The highest BCUT2D eigenvalue weighted by molar-refractivity contribution is 5.25. The fourth-order valence-corrected chi connectivity index (χ4v) is 4.07. The summed E-state index contributed by atoms with van der Waals surface area (Å²) in [5, 5.41) is 12.6. The van der Waals surface area contributed by atoms with E-state index in [1.54, 1.807) is 0 Å². The lowest BCUT2D eigenvalue weighted by atomic mass is 10.0. The summed E-state index contributed by atoms with van der Waals surface area (Å²) >= 11 is 0. The SMILES string of the molecule is C=CCN1CCN([C@H](c2ccc(F)cc2)c2nnnn2C[C@@H]2CCCO2)CC1. The van der Waals surface area contributed by atoms with Crippen molar-refractivity contribution in [3.8, 4) is 0 Å². The highest BCUT2D eigenvalue weighted by Gasteiger charge is 2.31. The van der Waals surface area contributed by atoms with Crippen LogP contribution in [0.1, 0.15) is 30.3 Å². The van der Waals surface area contributed by atoms with E-state index >= 15 is 0 Å². The number of hydrogen-bond acceptors (Lipinski definition) is 6. The van der Waals surface area contributed by atoms with E-state index in [2.05, 4.69) is 31.9 Å². The van der Waals surface area contributed by atoms with Crippen LogP contribution in [-0.2, 0) is 11.3 Å². The van der Waals surface area contributed by atoms with Crippen LogP contribution in [0.3, 0.4) is 0 Å². The van der Waals surface area contributed by atoms with Gasteiger partial charge in [-0.1, -0.05) is 18.2 Å². The van der Waals surface area contributed by atoms with Crippen LogP contribution >= 0.6 is 0 Å². The van der Waals surface area contributed by atoms with Gasteiger partial charge in [0.25, 0.3) is 0 Å². The number of nitrogens with zero attached hydrogens (tertiary/aromatic N) is 6. The minimum absolute atomic E-state index is 0.108. The maximum atomic E-state index is 13.5.